The summed E-state index contributed by atoms with van der Waals surface area (Å²) in [5, 5.41) is 4.76. The van der Waals surface area contributed by atoms with Crippen LogP contribution in [0.4, 0.5) is 0 Å². The Labute approximate surface area is 138 Å². The largest absolute Gasteiger partial charge is 0.455 e. The molecule has 4 rings (SSSR count). The van der Waals surface area contributed by atoms with E-state index in [0.29, 0.717) is 0 Å². The van der Waals surface area contributed by atoms with Gasteiger partial charge in [0.2, 0.25) is 0 Å². The van der Waals surface area contributed by atoms with E-state index in [1.807, 2.05) is 0 Å². The van der Waals surface area contributed by atoms with Crippen LogP contribution in [0.3, 0.4) is 0 Å². The van der Waals surface area contributed by atoms with Gasteiger partial charge < -0.3 is 4.42 Å². The Morgan fingerprint density at radius 3 is 2.32 bits per heavy atom. The topological polar surface area (TPSA) is 13.1 Å². The van der Waals surface area contributed by atoms with E-state index in [2.05, 4.69) is 85.2 Å². The molecule has 0 atom stereocenters. The summed E-state index contributed by atoms with van der Waals surface area (Å²) in [4.78, 5) is 0. The van der Waals surface area contributed by atoms with Crippen molar-refractivity contribution >= 4 is 48.6 Å². The van der Waals surface area contributed by atoms with Crippen LogP contribution in [0.2, 0.25) is 0 Å². The van der Waals surface area contributed by atoms with Crippen molar-refractivity contribution in [3.8, 4) is 0 Å². The molecule has 0 bridgehead atoms. The van der Waals surface area contributed by atoms with E-state index in [9.17, 15) is 0 Å². The molecule has 1 nitrogen and oxygen atoms in total. The van der Waals surface area contributed by atoms with Gasteiger partial charge in [-0.2, -0.15) is 0 Å². The SMILES string of the molecule is CC(C)(C)c1cccc2oc3c4ccccc4c(Br)cc3c12. The summed E-state index contributed by atoms with van der Waals surface area (Å²) in [5.41, 5.74) is 3.34. The monoisotopic (exact) mass is 352 g/mol. The number of rotatable bonds is 0. The van der Waals surface area contributed by atoms with E-state index in [1.165, 1.54) is 21.7 Å². The lowest BCUT2D eigenvalue weighted by Gasteiger charge is -2.20. The Hall–Kier alpha value is -1.80. The van der Waals surface area contributed by atoms with Crippen LogP contribution in [0.5, 0.6) is 0 Å². The quantitative estimate of drug-likeness (QED) is 0.339. The molecule has 0 aliphatic carbocycles. The molecule has 0 saturated carbocycles. The van der Waals surface area contributed by atoms with Crippen molar-refractivity contribution < 1.29 is 4.42 Å². The maximum atomic E-state index is 6.24. The van der Waals surface area contributed by atoms with Gasteiger partial charge in [0.1, 0.15) is 11.2 Å². The van der Waals surface area contributed by atoms with Crippen molar-refractivity contribution in [2.24, 2.45) is 0 Å². The molecule has 0 saturated heterocycles. The highest BCUT2D eigenvalue weighted by molar-refractivity contribution is 9.10. The molecule has 0 amide bonds. The van der Waals surface area contributed by atoms with E-state index >= 15 is 0 Å². The summed E-state index contributed by atoms with van der Waals surface area (Å²) in [5.74, 6) is 0. The van der Waals surface area contributed by atoms with Crippen LogP contribution in [-0.2, 0) is 5.41 Å². The van der Waals surface area contributed by atoms with Gasteiger partial charge in [0.25, 0.3) is 0 Å². The van der Waals surface area contributed by atoms with Gasteiger partial charge in [0.15, 0.2) is 0 Å². The molecule has 3 aromatic carbocycles. The molecule has 0 aliphatic rings. The first kappa shape index (κ1) is 13.8. The van der Waals surface area contributed by atoms with E-state index in [1.54, 1.807) is 0 Å². The second kappa shape index (κ2) is 4.60. The van der Waals surface area contributed by atoms with Gasteiger partial charge >= 0.3 is 0 Å². The number of fused-ring (bicyclic) bond motifs is 5. The summed E-state index contributed by atoms with van der Waals surface area (Å²) in [6.45, 7) is 6.74. The molecule has 0 spiro atoms. The van der Waals surface area contributed by atoms with Gasteiger partial charge in [0, 0.05) is 20.6 Å². The Balaban J connectivity index is 2.28. The van der Waals surface area contributed by atoms with Crippen LogP contribution in [0, 0.1) is 0 Å². The zero-order valence-electron chi connectivity index (χ0n) is 12.9. The fourth-order valence-electron chi connectivity index (χ4n) is 3.23. The standard InChI is InChI=1S/C20H17BrO/c1-20(2,3)15-9-6-10-17-18(15)14-11-16(21)12-7-4-5-8-13(12)19(14)22-17/h4-11H,1-3H3. The van der Waals surface area contributed by atoms with E-state index in [-0.39, 0.29) is 5.41 Å². The molecule has 1 heterocycles. The molecule has 0 fully saturated rings. The number of benzene rings is 3. The number of halogens is 1. The average molecular weight is 353 g/mol. The predicted octanol–water partition coefficient (Wildman–Crippen LogP) is 6.80. The maximum absolute atomic E-state index is 6.24. The summed E-state index contributed by atoms with van der Waals surface area (Å²) in [7, 11) is 0. The predicted molar refractivity (Wildman–Crippen MR) is 97.6 cm³/mol. The highest BCUT2D eigenvalue weighted by Gasteiger charge is 2.21. The van der Waals surface area contributed by atoms with Crippen molar-refractivity contribution in [1.82, 2.24) is 0 Å². The highest BCUT2D eigenvalue weighted by atomic mass is 79.9. The van der Waals surface area contributed by atoms with Crippen LogP contribution in [0.25, 0.3) is 32.7 Å². The highest BCUT2D eigenvalue weighted by Crippen LogP contribution is 2.41. The smallest absolute Gasteiger partial charge is 0.143 e. The zero-order valence-corrected chi connectivity index (χ0v) is 14.5. The van der Waals surface area contributed by atoms with Crippen molar-refractivity contribution in [1.29, 1.82) is 0 Å². The van der Waals surface area contributed by atoms with Crippen molar-refractivity contribution in [3.63, 3.8) is 0 Å². The van der Waals surface area contributed by atoms with Crippen molar-refractivity contribution in [2.75, 3.05) is 0 Å². The van der Waals surface area contributed by atoms with Gasteiger partial charge in [0.05, 0.1) is 0 Å². The molecule has 110 valence electrons. The average Bonchev–Trinajstić information content (AvgIpc) is 2.85. The van der Waals surface area contributed by atoms with Crippen LogP contribution < -0.4 is 0 Å². The Morgan fingerprint density at radius 1 is 0.864 bits per heavy atom. The molecule has 0 radical (unpaired) electrons. The van der Waals surface area contributed by atoms with E-state index in [0.717, 1.165) is 21.0 Å². The molecule has 0 unspecified atom stereocenters. The lowest BCUT2D eigenvalue weighted by atomic mass is 9.84. The second-order valence-corrected chi connectivity index (χ2v) is 7.67. The number of hydrogen-bond donors (Lipinski definition) is 0. The first-order chi connectivity index (χ1) is 10.5. The lowest BCUT2D eigenvalue weighted by Crippen LogP contribution is -2.11. The molecular weight excluding hydrogens is 336 g/mol. The van der Waals surface area contributed by atoms with Crippen molar-refractivity contribution in [3.05, 3.63) is 58.6 Å². The molecule has 2 heteroatoms. The lowest BCUT2D eigenvalue weighted by molar-refractivity contribution is 0.595. The third-order valence-electron chi connectivity index (χ3n) is 4.26. The third kappa shape index (κ3) is 1.90. The molecule has 0 aliphatic heterocycles. The molecular formula is C20H17BrO. The first-order valence-corrected chi connectivity index (χ1v) is 8.29. The first-order valence-electron chi connectivity index (χ1n) is 7.50. The fraction of sp³-hybridized carbons (Fsp3) is 0.200. The summed E-state index contributed by atoms with van der Waals surface area (Å²) >= 11 is 3.72. The fourth-order valence-corrected chi connectivity index (χ4v) is 3.80. The minimum absolute atomic E-state index is 0.0778. The van der Waals surface area contributed by atoms with E-state index < -0.39 is 0 Å². The Bertz CT molecular complexity index is 1020. The molecule has 4 aromatic rings. The van der Waals surface area contributed by atoms with Gasteiger partial charge in [-0.1, -0.05) is 73.1 Å². The van der Waals surface area contributed by atoms with Crippen LogP contribution >= 0.6 is 15.9 Å². The second-order valence-electron chi connectivity index (χ2n) is 6.81. The van der Waals surface area contributed by atoms with Gasteiger partial charge in [-0.25, -0.2) is 0 Å². The van der Waals surface area contributed by atoms with Gasteiger partial charge in [-0.3, -0.25) is 0 Å². The summed E-state index contributed by atoms with van der Waals surface area (Å²) in [6, 6.07) is 16.9. The van der Waals surface area contributed by atoms with E-state index in [4.69, 9.17) is 4.42 Å². The Morgan fingerprint density at radius 2 is 1.59 bits per heavy atom. The zero-order chi connectivity index (χ0) is 15.5. The minimum Gasteiger partial charge on any atom is -0.455 e. The third-order valence-corrected chi connectivity index (χ3v) is 4.92. The maximum Gasteiger partial charge on any atom is 0.143 e. The number of hydrogen-bond acceptors (Lipinski definition) is 1. The Kier molecular flexibility index (Phi) is 2.89. The van der Waals surface area contributed by atoms with Gasteiger partial charge in [-0.15, -0.1) is 0 Å². The minimum atomic E-state index is 0.0778. The molecule has 0 N–H and O–H groups in total. The summed E-state index contributed by atoms with van der Waals surface area (Å²) in [6.07, 6.45) is 0. The number of furan rings is 1. The normalized spacial score (nSPS) is 12.5. The van der Waals surface area contributed by atoms with Crippen LogP contribution in [0.1, 0.15) is 26.3 Å². The molecule has 22 heavy (non-hydrogen) atoms. The van der Waals surface area contributed by atoms with Crippen molar-refractivity contribution in [2.45, 2.75) is 26.2 Å². The molecule has 1 aromatic heterocycles. The van der Waals surface area contributed by atoms with Crippen LogP contribution in [0.15, 0.2) is 57.4 Å². The van der Waals surface area contributed by atoms with Gasteiger partial charge in [-0.05, 0) is 28.5 Å². The van der Waals surface area contributed by atoms with Crippen LogP contribution in [-0.4, -0.2) is 0 Å². The summed E-state index contributed by atoms with van der Waals surface area (Å²) < 4.78 is 7.35.